The first-order valence-corrected chi connectivity index (χ1v) is 6.36. The summed E-state index contributed by atoms with van der Waals surface area (Å²) in [6.45, 7) is 1.04. The summed E-state index contributed by atoms with van der Waals surface area (Å²) < 4.78 is 0. The first-order valence-electron chi connectivity index (χ1n) is 6.36. The molecule has 0 radical (unpaired) electrons. The minimum absolute atomic E-state index is 0.257. The Labute approximate surface area is 96.9 Å². The molecule has 1 heterocycles. The summed E-state index contributed by atoms with van der Waals surface area (Å²) in [7, 11) is 0. The van der Waals surface area contributed by atoms with Crippen molar-refractivity contribution in [2.45, 2.75) is 31.9 Å². The SMILES string of the molecule is O[C@@H]1[C@H]2CCCC[C@H]2CN1c1ccccc1. The summed E-state index contributed by atoms with van der Waals surface area (Å²) in [5, 5.41) is 10.4. The van der Waals surface area contributed by atoms with Gasteiger partial charge in [-0.25, -0.2) is 0 Å². The van der Waals surface area contributed by atoms with Crippen LogP contribution in [0.5, 0.6) is 0 Å². The van der Waals surface area contributed by atoms with Gasteiger partial charge >= 0.3 is 0 Å². The molecule has 16 heavy (non-hydrogen) atoms. The number of hydrogen-bond donors (Lipinski definition) is 1. The summed E-state index contributed by atoms with van der Waals surface area (Å²) in [6, 6.07) is 10.3. The Balaban J connectivity index is 1.83. The maximum Gasteiger partial charge on any atom is 0.130 e. The minimum atomic E-state index is -0.257. The molecule has 0 aromatic heterocycles. The van der Waals surface area contributed by atoms with Crippen molar-refractivity contribution < 1.29 is 5.11 Å². The van der Waals surface area contributed by atoms with Crippen LogP contribution in [-0.4, -0.2) is 17.9 Å². The van der Waals surface area contributed by atoms with Crippen LogP contribution in [0.2, 0.25) is 0 Å². The smallest absolute Gasteiger partial charge is 0.130 e. The Morgan fingerprint density at radius 1 is 1.06 bits per heavy atom. The van der Waals surface area contributed by atoms with Crippen LogP contribution in [-0.2, 0) is 0 Å². The van der Waals surface area contributed by atoms with Gasteiger partial charge in [-0.05, 0) is 30.9 Å². The third-order valence-corrected chi connectivity index (χ3v) is 4.19. The van der Waals surface area contributed by atoms with Crippen molar-refractivity contribution in [2.24, 2.45) is 11.8 Å². The lowest BCUT2D eigenvalue weighted by Crippen LogP contribution is -2.32. The highest BCUT2D eigenvalue weighted by Crippen LogP contribution is 2.41. The van der Waals surface area contributed by atoms with E-state index in [1.165, 1.54) is 31.4 Å². The molecule has 1 aromatic carbocycles. The van der Waals surface area contributed by atoms with E-state index in [2.05, 4.69) is 17.0 Å². The fraction of sp³-hybridized carbons (Fsp3) is 0.571. The number of aliphatic hydroxyl groups is 1. The molecular weight excluding hydrogens is 198 g/mol. The van der Waals surface area contributed by atoms with Crippen molar-refractivity contribution >= 4 is 5.69 Å². The summed E-state index contributed by atoms with van der Waals surface area (Å²) in [5.41, 5.74) is 1.17. The first-order chi connectivity index (χ1) is 7.86. The van der Waals surface area contributed by atoms with Gasteiger partial charge < -0.3 is 10.0 Å². The van der Waals surface area contributed by atoms with Crippen LogP contribution in [0, 0.1) is 11.8 Å². The molecule has 2 nitrogen and oxygen atoms in total. The molecular formula is C14H19NO. The van der Waals surface area contributed by atoms with Gasteiger partial charge in [0.15, 0.2) is 0 Å². The van der Waals surface area contributed by atoms with Crippen molar-refractivity contribution in [1.29, 1.82) is 0 Å². The zero-order valence-corrected chi connectivity index (χ0v) is 9.55. The summed E-state index contributed by atoms with van der Waals surface area (Å²) in [4.78, 5) is 2.18. The van der Waals surface area contributed by atoms with Gasteiger partial charge in [-0.1, -0.05) is 31.0 Å². The summed E-state index contributed by atoms with van der Waals surface area (Å²) >= 11 is 0. The van der Waals surface area contributed by atoms with Crippen LogP contribution in [0.1, 0.15) is 25.7 Å². The Morgan fingerprint density at radius 2 is 1.81 bits per heavy atom. The number of aliphatic hydroxyl groups excluding tert-OH is 1. The van der Waals surface area contributed by atoms with E-state index in [4.69, 9.17) is 0 Å². The van der Waals surface area contributed by atoms with Crippen molar-refractivity contribution in [1.82, 2.24) is 0 Å². The van der Waals surface area contributed by atoms with Crippen molar-refractivity contribution in [2.75, 3.05) is 11.4 Å². The van der Waals surface area contributed by atoms with Crippen molar-refractivity contribution in [3.8, 4) is 0 Å². The van der Waals surface area contributed by atoms with Gasteiger partial charge in [-0.2, -0.15) is 0 Å². The molecule has 2 heteroatoms. The number of hydrogen-bond acceptors (Lipinski definition) is 2. The Bertz CT molecular complexity index is 351. The Kier molecular flexibility index (Phi) is 2.60. The summed E-state index contributed by atoms with van der Waals surface area (Å²) in [5.74, 6) is 1.22. The highest BCUT2D eigenvalue weighted by atomic mass is 16.3. The van der Waals surface area contributed by atoms with Gasteiger partial charge in [0.05, 0.1) is 0 Å². The molecule has 86 valence electrons. The standard InChI is InChI=1S/C14H19NO/c16-14-13-9-5-4-6-11(13)10-15(14)12-7-2-1-3-8-12/h1-3,7-8,11,13-14,16H,4-6,9-10H2/t11-,13-,14+/m0/s1. The monoisotopic (exact) mass is 217 g/mol. The molecule has 1 N–H and O–H groups in total. The summed E-state index contributed by atoms with van der Waals surface area (Å²) in [6.07, 6.45) is 4.88. The van der Waals surface area contributed by atoms with Crippen LogP contribution in [0.3, 0.4) is 0 Å². The first kappa shape index (κ1) is 10.2. The molecule has 0 spiro atoms. The molecule has 1 saturated heterocycles. The quantitative estimate of drug-likeness (QED) is 0.781. The molecule has 3 rings (SSSR count). The molecule has 3 atom stereocenters. The number of rotatable bonds is 1. The largest absolute Gasteiger partial charge is 0.373 e. The number of benzene rings is 1. The Hall–Kier alpha value is -1.02. The molecule has 0 unspecified atom stereocenters. The van der Waals surface area contributed by atoms with E-state index < -0.39 is 0 Å². The van der Waals surface area contributed by atoms with Gasteiger partial charge in [0, 0.05) is 18.2 Å². The number of fused-ring (bicyclic) bond motifs is 1. The maximum atomic E-state index is 10.4. The lowest BCUT2D eigenvalue weighted by Gasteiger charge is -2.27. The lowest BCUT2D eigenvalue weighted by molar-refractivity contribution is 0.0975. The molecule has 1 aliphatic carbocycles. The average Bonchev–Trinajstić information content (AvgIpc) is 2.69. The van der Waals surface area contributed by atoms with Crippen LogP contribution in [0.25, 0.3) is 0 Å². The van der Waals surface area contributed by atoms with E-state index in [0.717, 1.165) is 6.54 Å². The fourth-order valence-corrected chi connectivity index (χ4v) is 3.32. The average molecular weight is 217 g/mol. The highest BCUT2D eigenvalue weighted by molar-refractivity contribution is 5.48. The third-order valence-electron chi connectivity index (χ3n) is 4.19. The van der Waals surface area contributed by atoms with Crippen LogP contribution < -0.4 is 4.90 Å². The van der Waals surface area contributed by atoms with E-state index in [1.807, 2.05) is 18.2 Å². The van der Waals surface area contributed by atoms with Gasteiger partial charge in [0.25, 0.3) is 0 Å². The van der Waals surface area contributed by atoms with Crippen molar-refractivity contribution in [3.05, 3.63) is 30.3 Å². The van der Waals surface area contributed by atoms with Gasteiger partial charge in [-0.3, -0.25) is 0 Å². The second-order valence-electron chi connectivity index (χ2n) is 5.11. The molecule has 1 aliphatic heterocycles. The van der Waals surface area contributed by atoms with Crippen LogP contribution in [0.4, 0.5) is 5.69 Å². The van der Waals surface area contributed by atoms with Gasteiger partial charge in [0.2, 0.25) is 0 Å². The maximum absolute atomic E-state index is 10.4. The zero-order valence-electron chi connectivity index (χ0n) is 9.55. The second kappa shape index (κ2) is 4.10. The molecule has 1 aromatic rings. The predicted molar refractivity (Wildman–Crippen MR) is 65.2 cm³/mol. The number of nitrogens with zero attached hydrogens (tertiary/aromatic N) is 1. The Morgan fingerprint density at radius 3 is 2.56 bits per heavy atom. The fourth-order valence-electron chi connectivity index (χ4n) is 3.32. The third kappa shape index (κ3) is 1.61. The van der Waals surface area contributed by atoms with Crippen LogP contribution in [0.15, 0.2) is 30.3 Å². The zero-order chi connectivity index (χ0) is 11.0. The van der Waals surface area contributed by atoms with E-state index in [-0.39, 0.29) is 6.23 Å². The number of anilines is 1. The molecule has 1 saturated carbocycles. The van der Waals surface area contributed by atoms with E-state index in [0.29, 0.717) is 11.8 Å². The van der Waals surface area contributed by atoms with E-state index >= 15 is 0 Å². The lowest BCUT2D eigenvalue weighted by atomic mass is 9.81. The normalized spacial score (nSPS) is 33.8. The predicted octanol–water partition coefficient (Wildman–Crippen LogP) is 2.63. The van der Waals surface area contributed by atoms with Gasteiger partial charge in [-0.15, -0.1) is 0 Å². The topological polar surface area (TPSA) is 23.5 Å². The highest BCUT2D eigenvalue weighted by Gasteiger charge is 2.41. The molecule has 2 fully saturated rings. The van der Waals surface area contributed by atoms with Crippen LogP contribution >= 0.6 is 0 Å². The number of para-hydroxylation sites is 1. The second-order valence-corrected chi connectivity index (χ2v) is 5.11. The minimum Gasteiger partial charge on any atom is -0.373 e. The molecule has 0 bridgehead atoms. The van der Waals surface area contributed by atoms with E-state index in [1.54, 1.807) is 0 Å². The van der Waals surface area contributed by atoms with Crippen molar-refractivity contribution in [3.63, 3.8) is 0 Å². The van der Waals surface area contributed by atoms with Gasteiger partial charge in [0.1, 0.15) is 6.23 Å². The molecule has 2 aliphatic rings. The molecule has 0 amide bonds. The van der Waals surface area contributed by atoms with E-state index in [9.17, 15) is 5.11 Å².